The average molecular weight is 186 g/mol. The normalized spacial score (nSPS) is 10.5. The Labute approximate surface area is 81.5 Å². The number of unbranched alkanes of at least 4 members (excludes halogenated alkanes) is 1. The molecule has 0 atom stereocenters. The predicted molar refractivity (Wildman–Crippen MR) is 55.7 cm³/mol. The molecule has 0 unspecified atom stereocenters. The standard InChI is InChI=1S/C10H22N2O/c1-4-5-7-10(13)11-8-6-9-12(2)3/h4-9H2,1-3H3,(H,11,13). The fourth-order valence-corrected chi connectivity index (χ4v) is 1.05. The van der Waals surface area contributed by atoms with Crippen LogP contribution < -0.4 is 5.32 Å². The summed E-state index contributed by atoms with van der Waals surface area (Å²) in [6, 6.07) is 0. The molecule has 0 aromatic rings. The Bertz CT molecular complexity index is 135. The van der Waals surface area contributed by atoms with Crippen LogP contribution in [0.3, 0.4) is 0 Å². The maximum absolute atomic E-state index is 11.1. The molecular weight excluding hydrogens is 164 g/mol. The van der Waals surface area contributed by atoms with Gasteiger partial charge in [0.15, 0.2) is 0 Å². The van der Waals surface area contributed by atoms with Gasteiger partial charge in [-0.1, -0.05) is 13.3 Å². The Kier molecular flexibility index (Phi) is 7.69. The van der Waals surface area contributed by atoms with Crippen molar-refractivity contribution in [2.75, 3.05) is 27.2 Å². The van der Waals surface area contributed by atoms with Crippen LogP contribution in [0.5, 0.6) is 0 Å². The molecule has 1 amide bonds. The first-order chi connectivity index (χ1) is 6.16. The summed E-state index contributed by atoms with van der Waals surface area (Å²) in [7, 11) is 4.08. The molecule has 78 valence electrons. The molecule has 13 heavy (non-hydrogen) atoms. The fourth-order valence-electron chi connectivity index (χ4n) is 1.05. The van der Waals surface area contributed by atoms with Crippen molar-refractivity contribution >= 4 is 5.91 Å². The predicted octanol–water partition coefficient (Wildman–Crippen LogP) is 1.24. The molecule has 3 nitrogen and oxygen atoms in total. The van der Waals surface area contributed by atoms with Crippen LogP contribution in [0.4, 0.5) is 0 Å². The number of carbonyl (C=O) groups excluding carboxylic acids is 1. The first kappa shape index (κ1) is 12.4. The highest BCUT2D eigenvalue weighted by Gasteiger charge is 1.98. The summed E-state index contributed by atoms with van der Waals surface area (Å²) in [5.41, 5.74) is 0. The number of nitrogens with zero attached hydrogens (tertiary/aromatic N) is 1. The highest BCUT2D eigenvalue weighted by atomic mass is 16.1. The van der Waals surface area contributed by atoms with Crippen LogP contribution >= 0.6 is 0 Å². The molecule has 0 aliphatic heterocycles. The van der Waals surface area contributed by atoms with Crippen molar-refractivity contribution in [2.45, 2.75) is 32.6 Å². The van der Waals surface area contributed by atoms with E-state index in [2.05, 4.69) is 17.1 Å². The van der Waals surface area contributed by atoms with Crippen LogP contribution in [0.15, 0.2) is 0 Å². The lowest BCUT2D eigenvalue weighted by Crippen LogP contribution is -2.26. The van der Waals surface area contributed by atoms with Crippen LogP contribution in [-0.4, -0.2) is 38.0 Å². The third-order valence-electron chi connectivity index (χ3n) is 1.86. The molecular formula is C10H22N2O. The lowest BCUT2D eigenvalue weighted by molar-refractivity contribution is -0.121. The molecule has 0 aromatic carbocycles. The van der Waals surface area contributed by atoms with Gasteiger partial charge >= 0.3 is 0 Å². The summed E-state index contributed by atoms with van der Waals surface area (Å²) in [6.07, 6.45) is 3.80. The number of carbonyl (C=O) groups is 1. The van der Waals surface area contributed by atoms with Gasteiger partial charge in [0.2, 0.25) is 5.91 Å². The maximum Gasteiger partial charge on any atom is 0.219 e. The van der Waals surface area contributed by atoms with E-state index in [1.165, 1.54) is 0 Å². The van der Waals surface area contributed by atoms with E-state index in [1.807, 2.05) is 14.1 Å². The molecule has 0 aliphatic carbocycles. The smallest absolute Gasteiger partial charge is 0.219 e. The summed E-state index contributed by atoms with van der Waals surface area (Å²) in [6.45, 7) is 3.94. The van der Waals surface area contributed by atoms with Gasteiger partial charge in [-0.3, -0.25) is 4.79 Å². The van der Waals surface area contributed by atoms with Crippen LogP contribution in [0, 0.1) is 0 Å². The molecule has 0 aliphatic rings. The van der Waals surface area contributed by atoms with Gasteiger partial charge in [0.05, 0.1) is 0 Å². The molecule has 0 radical (unpaired) electrons. The second kappa shape index (κ2) is 8.05. The number of hydrogen-bond donors (Lipinski definition) is 1. The molecule has 3 heteroatoms. The molecule has 0 heterocycles. The summed E-state index contributed by atoms with van der Waals surface area (Å²) < 4.78 is 0. The van der Waals surface area contributed by atoms with Gasteiger partial charge in [0, 0.05) is 13.0 Å². The van der Waals surface area contributed by atoms with E-state index in [0.717, 1.165) is 32.4 Å². The molecule has 0 spiro atoms. The third kappa shape index (κ3) is 9.34. The van der Waals surface area contributed by atoms with Gasteiger partial charge in [0.1, 0.15) is 0 Å². The SMILES string of the molecule is CCCCC(=O)NCCCN(C)C. The van der Waals surface area contributed by atoms with Gasteiger partial charge in [-0.2, -0.15) is 0 Å². The first-order valence-electron chi connectivity index (χ1n) is 5.08. The van der Waals surface area contributed by atoms with Crippen molar-refractivity contribution in [2.24, 2.45) is 0 Å². The number of rotatable bonds is 7. The largest absolute Gasteiger partial charge is 0.356 e. The number of hydrogen-bond acceptors (Lipinski definition) is 2. The second-order valence-electron chi connectivity index (χ2n) is 3.61. The Hall–Kier alpha value is -0.570. The van der Waals surface area contributed by atoms with E-state index in [4.69, 9.17) is 0 Å². The second-order valence-corrected chi connectivity index (χ2v) is 3.61. The Morgan fingerprint density at radius 3 is 2.54 bits per heavy atom. The van der Waals surface area contributed by atoms with Crippen molar-refractivity contribution in [3.8, 4) is 0 Å². The van der Waals surface area contributed by atoms with Crippen LogP contribution in [0.2, 0.25) is 0 Å². The molecule has 0 rings (SSSR count). The number of amides is 1. The zero-order valence-corrected chi connectivity index (χ0v) is 9.10. The minimum Gasteiger partial charge on any atom is -0.356 e. The zero-order valence-electron chi connectivity index (χ0n) is 9.10. The summed E-state index contributed by atoms with van der Waals surface area (Å²) in [5, 5.41) is 2.91. The van der Waals surface area contributed by atoms with Crippen LogP contribution in [0.1, 0.15) is 32.6 Å². The summed E-state index contributed by atoms with van der Waals surface area (Å²) in [4.78, 5) is 13.2. The van der Waals surface area contributed by atoms with Crippen molar-refractivity contribution in [1.82, 2.24) is 10.2 Å². The number of nitrogens with one attached hydrogen (secondary N) is 1. The maximum atomic E-state index is 11.1. The van der Waals surface area contributed by atoms with Crippen molar-refractivity contribution in [3.63, 3.8) is 0 Å². The van der Waals surface area contributed by atoms with E-state index < -0.39 is 0 Å². The van der Waals surface area contributed by atoms with Gasteiger partial charge in [0.25, 0.3) is 0 Å². The third-order valence-corrected chi connectivity index (χ3v) is 1.86. The average Bonchev–Trinajstić information content (AvgIpc) is 2.08. The lowest BCUT2D eigenvalue weighted by atomic mass is 10.2. The molecule has 0 bridgehead atoms. The molecule has 0 saturated carbocycles. The van der Waals surface area contributed by atoms with Crippen molar-refractivity contribution < 1.29 is 4.79 Å². The van der Waals surface area contributed by atoms with E-state index in [-0.39, 0.29) is 5.91 Å². The lowest BCUT2D eigenvalue weighted by Gasteiger charge is -2.09. The fraction of sp³-hybridized carbons (Fsp3) is 0.900. The zero-order chi connectivity index (χ0) is 10.1. The minimum absolute atomic E-state index is 0.195. The van der Waals surface area contributed by atoms with E-state index in [9.17, 15) is 4.79 Å². The van der Waals surface area contributed by atoms with Crippen LogP contribution in [0.25, 0.3) is 0 Å². The molecule has 0 saturated heterocycles. The molecule has 0 aromatic heterocycles. The highest BCUT2D eigenvalue weighted by molar-refractivity contribution is 5.75. The van der Waals surface area contributed by atoms with Crippen molar-refractivity contribution in [1.29, 1.82) is 0 Å². The van der Waals surface area contributed by atoms with Crippen molar-refractivity contribution in [3.05, 3.63) is 0 Å². The van der Waals surface area contributed by atoms with E-state index >= 15 is 0 Å². The van der Waals surface area contributed by atoms with Gasteiger partial charge in [-0.25, -0.2) is 0 Å². The monoisotopic (exact) mass is 186 g/mol. The van der Waals surface area contributed by atoms with Gasteiger partial charge in [-0.05, 0) is 33.5 Å². The molecule has 1 N–H and O–H groups in total. The highest BCUT2D eigenvalue weighted by Crippen LogP contribution is 1.92. The minimum atomic E-state index is 0.195. The topological polar surface area (TPSA) is 32.3 Å². The Morgan fingerprint density at radius 2 is 2.00 bits per heavy atom. The summed E-state index contributed by atoms with van der Waals surface area (Å²) >= 11 is 0. The Morgan fingerprint density at radius 1 is 1.31 bits per heavy atom. The first-order valence-corrected chi connectivity index (χ1v) is 5.08. The quantitative estimate of drug-likeness (QED) is 0.607. The summed E-state index contributed by atoms with van der Waals surface area (Å²) in [5.74, 6) is 0.195. The molecule has 0 fully saturated rings. The van der Waals surface area contributed by atoms with E-state index in [1.54, 1.807) is 0 Å². The van der Waals surface area contributed by atoms with Crippen LogP contribution in [-0.2, 0) is 4.79 Å². The van der Waals surface area contributed by atoms with E-state index in [0.29, 0.717) is 6.42 Å². The Balaban J connectivity index is 3.17. The van der Waals surface area contributed by atoms with Gasteiger partial charge in [-0.15, -0.1) is 0 Å². The van der Waals surface area contributed by atoms with Gasteiger partial charge < -0.3 is 10.2 Å².